The Balaban J connectivity index is 1.27. The fourth-order valence-electron chi connectivity index (χ4n) is 3.92. The Morgan fingerprint density at radius 2 is 1.63 bits per heavy atom. The van der Waals surface area contributed by atoms with E-state index < -0.39 is 12.1 Å². The second-order valence-corrected chi connectivity index (χ2v) is 7.41. The van der Waals surface area contributed by atoms with Gasteiger partial charge in [0, 0.05) is 25.2 Å². The van der Waals surface area contributed by atoms with Gasteiger partial charge in [-0.3, -0.25) is 24.1 Å². The van der Waals surface area contributed by atoms with E-state index >= 15 is 0 Å². The van der Waals surface area contributed by atoms with Gasteiger partial charge in [0.2, 0.25) is 0 Å². The summed E-state index contributed by atoms with van der Waals surface area (Å²) in [6, 6.07) is 14.3. The van der Waals surface area contributed by atoms with Gasteiger partial charge in [0.1, 0.15) is 0 Å². The number of ether oxygens (including phenoxy) is 1. The zero-order valence-electron chi connectivity index (χ0n) is 16.7. The summed E-state index contributed by atoms with van der Waals surface area (Å²) in [7, 11) is 0. The molecule has 0 saturated carbocycles. The number of esters is 1. The SMILES string of the molecule is C[C@H](OC(=O)CCCN1C(=O)c2ccccc2C1=O)C(=O)N1CCc2ccccc21. The van der Waals surface area contributed by atoms with Crippen molar-refractivity contribution in [1.29, 1.82) is 0 Å². The summed E-state index contributed by atoms with van der Waals surface area (Å²) >= 11 is 0. The average molecular weight is 406 g/mol. The molecule has 0 saturated heterocycles. The van der Waals surface area contributed by atoms with Crippen LogP contribution in [0.2, 0.25) is 0 Å². The number of para-hydroxylation sites is 1. The van der Waals surface area contributed by atoms with E-state index in [4.69, 9.17) is 4.74 Å². The number of hydrogen-bond donors (Lipinski definition) is 0. The molecule has 2 aliphatic rings. The molecule has 0 aromatic heterocycles. The molecular formula is C23H22N2O5. The molecule has 2 aromatic carbocycles. The molecular weight excluding hydrogens is 384 g/mol. The smallest absolute Gasteiger partial charge is 0.306 e. The number of rotatable bonds is 6. The quantitative estimate of drug-likeness (QED) is 0.544. The monoisotopic (exact) mass is 406 g/mol. The maximum Gasteiger partial charge on any atom is 0.306 e. The first-order valence-corrected chi connectivity index (χ1v) is 10.0. The van der Waals surface area contributed by atoms with Gasteiger partial charge in [-0.25, -0.2) is 0 Å². The third kappa shape index (κ3) is 3.58. The number of imide groups is 1. The maximum absolute atomic E-state index is 12.7. The van der Waals surface area contributed by atoms with Gasteiger partial charge in [-0.05, 0) is 43.5 Å². The van der Waals surface area contributed by atoms with E-state index in [1.807, 2.05) is 24.3 Å². The minimum atomic E-state index is -0.900. The van der Waals surface area contributed by atoms with Gasteiger partial charge in [0.05, 0.1) is 11.1 Å². The Bertz CT molecular complexity index is 997. The number of carbonyl (C=O) groups excluding carboxylic acids is 4. The molecule has 0 N–H and O–H groups in total. The largest absolute Gasteiger partial charge is 0.453 e. The Kier molecular flexibility index (Phi) is 5.35. The topological polar surface area (TPSA) is 84.0 Å². The number of amides is 3. The highest BCUT2D eigenvalue weighted by Crippen LogP contribution is 2.28. The number of benzene rings is 2. The molecule has 0 bridgehead atoms. The molecule has 2 aliphatic heterocycles. The van der Waals surface area contributed by atoms with Gasteiger partial charge in [-0.1, -0.05) is 30.3 Å². The lowest BCUT2D eigenvalue weighted by atomic mass is 10.1. The number of hydrogen-bond acceptors (Lipinski definition) is 5. The lowest BCUT2D eigenvalue weighted by Crippen LogP contribution is -2.39. The van der Waals surface area contributed by atoms with Crippen molar-refractivity contribution >= 4 is 29.4 Å². The van der Waals surface area contributed by atoms with Gasteiger partial charge < -0.3 is 9.64 Å². The molecule has 3 amide bonds. The molecule has 0 unspecified atom stereocenters. The van der Waals surface area contributed by atoms with Crippen LogP contribution < -0.4 is 4.90 Å². The number of carbonyl (C=O) groups is 4. The summed E-state index contributed by atoms with van der Waals surface area (Å²) in [6.07, 6.45) is 0.172. The van der Waals surface area contributed by atoms with Crippen LogP contribution in [0.15, 0.2) is 48.5 Å². The zero-order chi connectivity index (χ0) is 21.3. The van der Waals surface area contributed by atoms with Crippen LogP contribution in [0.4, 0.5) is 5.69 Å². The second kappa shape index (κ2) is 8.10. The summed E-state index contributed by atoms with van der Waals surface area (Å²) in [5.41, 5.74) is 2.73. The summed E-state index contributed by atoms with van der Waals surface area (Å²) in [4.78, 5) is 52.3. The number of nitrogens with zero attached hydrogens (tertiary/aromatic N) is 2. The van der Waals surface area contributed by atoms with Crippen molar-refractivity contribution < 1.29 is 23.9 Å². The van der Waals surface area contributed by atoms with E-state index in [2.05, 4.69) is 0 Å². The van der Waals surface area contributed by atoms with Crippen LogP contribution in [0.5, 0.6) is 0 Å². The van der Waals surface area contributed by atoms with Crippen LogP contribution >= 0.6 is 0 Å². The third-order valence-corrected chi connectivity index (χ3v) is 5.45. The normalized spacial score (nSPS) is 15.8. The number of fused-ring (bicyclic) bond motifs is 2. The molecule has 2 heterocycles. The lowest BCUT2D eigenvalue weighted by Gasteiger charge is -2.22. The van der Waals surface area contributed by atoms with Crippen LogP contribution in [0.25, 0.3) is 0 Å². The highest BCUT2D eigenvalue weighted by molar-refractivity contribution is 6.21. The van der Waals surface area contributed by atoms with Crippen LogP contribution in [-0.4, -0.2) is 47.8 Å². The van der Waals surface area contributed by atoms with Crippen LogP contribution in [-0.2, 0) is 20.7 Å². The van der Waals surface area contributed by atoms with E-state index in [0.29, 0.717) is 17.7 Å². The molecule has 1 atom stereocenters. The molecule has 7 heteroatoms. The molecule has 0 fully saturated rings. The van der Waals surface area contributed by atoms with Crippen molar-refractivity contribution in [2.75, 3.05) is 18.0 Å². The van der Waals surface area contributed by atoms with Crippen LogP contribution in [0.1, 0.15) is 46.0 Å². The van der Waals surface area contributed by atoms with E-state index in [-0.39, 0.29) is 37.1 Å². The minimum absolute atomic E-state index is 0.0155. The molecule has 0 aliphatic carbocycles. The Morgan fingerprint density at radius 3 is 2.33 bits per heavy atom. The van der Waals surface area contributed by atoms with E-state index in [1.165, 1.54) is 0 Å². The molecule has 7 nitrogen and oxygen atoms in total. The minimum Gasteiger partial charge on any atom is -0.453 e. The van der Waals surface area contributed by atoms with Crippen LogP contribution in [0.3, 0.4) is 0 Å². The van der Waals surface area contributed by atoms with Gasteiger partial charge in [0.15, 0.2) is 6.10 Å². The zero-order valence-corrected chi connectivity index (χ0v) is 16.7. The van der Waals surface area contributed by atoms with Crippen molar-refractivity contribution in [3.63, 3.8) is 0 Å². The predicted octanol–water partition coefficient (Wildman–Crippen LogP) is 2.58. The first-order valence-electron chi connectivity index (χ1n) is 10.0. The lowest BCUT2D eigenvalue weighted by molar-refractivity contribution is -0.154. The fourth-order valence-corrected chi connectivity index (χ4v) is 3.92. The van der Waals surface area contributed by atoms with E-state index in [9.17, 15) is 19.2 Å². The van der Waals surface area contributed by atoms with Crippen molar-refractivity contribution in [2.24, 2.45) is 0 Å². The fraction of sp³-hybridized carbons (Fsp3) is 0.304. The molecule has 0 radical (unpaired) electrons. The Hall–Kier alpha value is -3.48. The molecule has 0 spiro atoms. The van der Waals surface area contributed by atoms with Crippen molar-refractivity contribution in [3.05, 3.63) is 65.2 Å². The van der Waals surface area contributed by atoms with Crippen molar-refractivity contribution in [2.45, 2.75) is 32.3 Å². The first-order chi connectivity index (χ1) is 14.5. The van der Waals surface area contributed by atoms with Gasteiger partial charge >= 0.3 is 5.97 Å². The summed E-state index contributed by atoms with van der Waals surface area (Å²) < 4.78 is 5.30. The molecule has 30 heavy (non-hydrogen) atoms. The standard InChI is InChI=1S/C23H22N2O5/c1-15(21(27)24-14-12-16-7-2-5-10-19(16)24)30-20(26)11-6-13-25-22(28)17-8-3-4-9-18(17)23(25)29/h2-5,7-10,15H,6,11-14H2,1H3/t15-/m0/s1. The van der Waals surface area contributed by atoms with Crippen LogP contribution in [0, 0.1) is 0 Å². The van der Waals surface area contributed by atoms with Crippen molar-refractivity contribution in [1.82, 2.24) is 4.90 Å². The Labute approximate surface area is 174 Å². The highest BCUT2D eigenvalue weighted by Gasteiger charge is 2.35. The van der Waals surface area contributed by atoms with Gasteiger partial charge in [-0.2, -0.15) is 0 Å². The predicted molar refractivity (Wildman–Crippen MR) is 109 cm³/mol. The van der Waals surface area contributed by atoms with Gasteiger partial charge in [-0.15, -0.1) is 0 Å². The molecule has 154 valence electrons. The molecule has 4 rings (SSSR count). The Morgan fingerprint density at radius 1 is 1.00 bits per heavy atom. The maximum atomic E-state index is 12.7. The molecule has 2 aromatic rings. The van der Waals surface area contributed by atoms with E-state index in [1.54, 1.807) is 36.1 Å². The van der Waals surface area contributed by atoms with E-state index in [0.717, 1.165) is 22.6 Å². The van der Waals surface area contributed by atoms with Gasteiger partial charge in [0.25, 0.3) is 17.7 Å². The van der Waals surface area contributed by atoms with Crippen molar-refractivity contribution in [3.8, 4) is 0 Å². The average Bonchev–Trinajstić information content (AvgIpc) is 3.28. The third-order valence-electron chi connectivity index (χ3n) is 5.45. The number of anilines is 1. The second-order valence-electron chi connectivity index (χ2n) is 7.41. The first kappa shape index (κ1) is 19.8. The summed E-state index contributed by atoms with van der Waals surface area (Å²) in [5.74, 6) is -1.48. The summed E-state index contributed by atoms with van der Waals surface area (Å²) in [6.45, 7) is 2.26. The summed E-state index contributed by atoms with van der Waals surface area (Å²) in [5, 5.41) is 0. The highest BCUT2D eigenvalue weighted by atomic mass is 16.5.